The maximum Gasteiger partial charge on any atom is 0.255 e. The third-order valence-corrected chi connectivity index (χ3v) is 4.11. The van der Waals surface area contributed by atoms with E-state index in [1.165, 1.54) is 0 Å². The first-order valence-corrected chi connectivity index (χ1v) is 8.73. The molecular formula is C20H20ClN3O3. The molecule has 0 aliphatic rings. The van der Waals surface area contributed by atoms with Gasteiger partial charge in [-0.2, -0.15) is 5.10 Å². The molecule has 0 saturated heterocycles. The lowest BCUT2D eigenvalue weighted by Crippen LogP contribution is -2.12. The molecule has 27 heavy (non-hydrogen) atoms. The molecule has 1 heterocycles. The van der Waals surface area contributed by atoms with E-state index >= 15 is 0 Å². The quantitative estimate of drug-likeness (QED) is 0.659. The number of hydrogen-bond donors (Lipinski definition) is 1. The van der Waals surface area contributed by atoms with E-state index in [9.17, 15) is 4.79 Å². The Labute approximate surface area is 162 Å². The molecular weight excluding hydrogens is 366 g/mol. The number of hydrogen-bond acceptors (Lipinski definition) is 4. The lowest BCUT2D eigenvalue weighted by molar-refractivity contribution is 0.102. The Kier molecular flexibility index (Phi) is 6.11. The van der Waals surface area contributed by atoms with Gasteiger partial charge in [-0.25, -0.2) is 4.68 Å². The van der Waals surface area contributed by atoms with Crippen molar-refractivity contribution >= 4 is 23.2 Å². The summed E-state index contributed by atoms with van der Waals surface area (Å²) >= 11 is 5.96. The minimum absolute atomic E-state index is 0.212. The van der Waals surface area contributed by atoms with Gasteiger partial charge in [-0.3, -0.25) is 4.79 Å². The number of nitrogens with zero attached hydrogens (tertiary/aromatic N) is 2. The summed E-state index contributed by atoms with van der Waals surface area (Å²) in [5.74, 6) is 0.552. The van der Waals surface area contributed by atoms with Gasteiger partial charge < -0.3 is 14.8 Å². The molecule has 1 amide bonds. The number of nitrogens with one attached hydrogen (secondary N) is 1. The van der Waals surface area contributed by atoms with Crippen LogP contribution in [-0.4, -0.2) is 22.8 Å². The lowest BCUT2D eigenvalue weighted by Gasteiger charge is -2.10. The van der Waals surface area contributed by atoms with Crippen LogP contribution in [0.5, 0.6) is 5.75 Å². The summed E-state index contributed by atoms with van der Waals surface area (Å²) in [6.07, 6.45) is 3.28. The fourth-order valence-corrected chi connectivity index (χ4v) is 2.80. The number of ether oxygens (including phenoxy) is 2. The van der Waals surface area contributed by atoms with Gasteiger partial charge in [0.1, 0.15) is 19.1 Å². The zero-order valence-electron chi connectivity index (χ0n) is 15.1. The number of halogens is 1. The number of benzene rings is 2. The summed E-state index contributed by atoms with van der Waals surface area (Å²) in [5.41, 5.74) is 3.01. The third kappa shape index (κ3) is 5.09. The molecule has 3 aromatic rings. The van der Waals surface area contributed by atoms with Gasteiger partial charge in [0, 0.05) is 17.7 Å². The smallest absolute Gasteiger partial charge is 0.255 e. The Balaban J connectivity index is 1.64. The van der Waals surface area contributed by atoms with E-state index in [1.807, 2.05) is 31.2 Å². The summed E-state index contributed by atoms with van der Waals surface area (Å²) in [6, 6.07) is 12.8. The van der Waals surface area contributed by atoms with E-state index in [-0.39, 0.29) is 5.91 Å². The number of amides is 1. The number of aryl methyl sites for hydroxylation is 1. The lowest BCUT2D eigenvalue weighted by atomic mass is 10.1. The molecule has 0 atom stereocenters. The zero-order valence-corrected chi connectivity index (χ0v) is 15.9. The van der Waals surface area contributed by atoms with E-state index < -0.39 is 0 Å². The Morgan fingerprint density at radius 2 is 2.11 bits per heavy atom. The maximum atomic E-state index is 12.5. The Morgan fingerprint density at radius 1 is 1.26 bits per heavy atom. The van der Waals surface area contributed by atoms with Crippen molar-refractivity contribution in [2.24, 2.45) is 0 Å². The molecule has 0 saturated carbocycles. The first-order chi connectivity index (χ1) is 13.0. The largest absolute Gasteiger partial charge is 0.489 e. The molecule has 1 aromatic heterocycles. The molecule has 0 bridgehead atoms. The fraction of sp³-hybridized carbons (Fsp3) is 0.200. The van der Waals surface area contributed by atoms with E-state index in [1.54, 1.807) is 42.4 Å². The molecule has 0 aliphatic carbocycles. The van der Waals surface area contributed by atoms with Crippen LogP contribution in [0.2, 0.25) is 5.02 Å². The molecule has 0 aliphatic heterocycles. The molecule has 2 aromatic carbocycles. The number of carbonyl (C=O) groups is 1. The van der Waals surface area contributed by atoms with Crippen molar-refractivity contribution in [3.8, 4) is 5.75 Å². The van der Waals surface area contributed by atoms with Crippen LogP contribution < -0.4 is 10.1 Å². The van der Waals surface area contributed by atoms with Gasteiger partial charge in [0.2, 0.25) is 0 Å². The first-order valence-electron chi connectivity index (χ1n) is 8.36. The highest BCUT2D eigenvalue weighted by atomic mass is 35.5. The van der Waals surface area contributed by atoms with Crippen molar-refractivity contribution in [1.29, 1.82) is 0 Å². The molecule has 0 spiro atoms. The highest BCUT2D eigenvalue weighted by Gasteiger charge is 2.09. The third-order valence-electron chi connectivity index (χ3n) is 3.87. The monoisotopic (exact) mass is 385 g/mol. The van der Waals surface area contributed by atoms with Crippen LogP contribution in [0.1, 0.15) is 21.5 Å². The van der Waals surface area contributed by atoms with Gasteiger partial charge in [0.05, 0.1) is 18.1 Å². The number of carbonyl (C=O) groups excluding carboxylic acids is 1. The van der Waals surface area contributed by atoms with Crippen LogP contribution in [0.15, 0.2) is 54.9 Å². The standard InChI is InChI=1S/C20H20ClN3O3/c1-14-8-17(21)6-7-19(14)27-12-15-4-3-5-16(9-15)20(25)23-18-10-22-24(11-18)13-26-2/h3-11H,12-13H2,1-2H3,(H,23,25). The predicted molar refractivity (Wildman–Crippen MR) is 104 cm³/mol. The molecule has 3 rings (SSSR count). The van der Waals surface area contributed by atoms with Crippen LogP contribution in [0.3, 0.4) is 0 Å². The SMILES string of the molecule is COCn1cc(NC(=O)c2cccc(COc3ccc(Cl)cc3C)c2)cn1. The normalized spacial score (nSPS) is 10.6. The van der Waals surface area contributed by atoms with Crippen LogP contribution in [-0.2, 0) is 18.1 Å². The van der Waals surface area contributed by atoms with E-state index in [0.717, 1.165) is 16.9 Å². The molecule has 1 N–H and O–H groups in total. The van der Waals surface area contributed by atoms with Crippen molar-refractivity contribution in [3.05, 3.63) is 76.6 Å². The van der Waals surface area contributed by atoms with Gasteiger partial charge in [-0.05, 0) is 48.4 Å². The van der Waals surface area contributed by atoms with Gasteiger partial charge in [-0.15, -0.1) is 0 Å². The average molecular weight is 386 g/mol. The van der Waals surface area contributed by atoms with Gasteiger partial charge in [-0.1, -0.05) is 23.7 Å². The summed E-state index contributed by atoms with van der Waals surface area (Å²) in [5, 5.41) is 7.59. The van der Waals surface area contributed by atoms with Crippen molar-refractivity contribution in [3.63, 3.8) is 0 Å². The Bertz CT molecular complexity index is 940. The predicted octanol–water partition coefficient (Wildman–Crippen LogP) is 4.28. The fourth-order valence-electron chi connectivity index (χ4n) is 2.57. The molecule has 6 nitrogen and oxygen atoms in total. The Hall–Kier alpha value is -2.83. The van der Waals surface area contributed by atoms with E-state index in [2.05, 4.69) is 10.4 Å². The number of rotatable bonds is 7. The van der Waals surface area contributed by atoms with Gasteiger partial charge in [0.15, 0.2) is 0 Å². The van der Waals surface area contributed by atoms with Gasteiger partial charge >= 0.3 is 0 Å². The summed E-state index contributed by atoms with van der Waals surface area (Å²) in [6.45, 7) is 2.62. The molecule has 140 valence electrons. The summed E-state index contributed by atoms with van der Waals surface area (Å²) in [7, 11) is 1.58. The zero-order chi connectivity index (χ0) is 19.2. The number of methoxy groups -OCH3 is 1. The van der Waals surface area contributed by atoms with Crippen LogP contribution in [0.4, 0.5) is 5.69 Å². The van der Waals surface area contributed by atoms with Crippen LogP contribution >= 0.6 is 11.6 Å². The number of anilines is 1. The van der Waals surface area contributed by atoms with E-state index in [4.69, 9.17) is 21.1 Å². The highest BCUT2D eigenvalue weighted by molar-refractivity contribution is 6.30. The first kappa shape index (κ1) is 18.9. The summed E-state index contributed by atoms with van der Waals surface area (Å²) < 4.78 is 12.4. The topological polar surface area (TPSA) is 65.4 Å². The maximum absolute atomic E-state index is 12.5. The van der Waals surface area contributed by atoms with Crippen molar-refractivity contribution in [2.45, 2.75) is 20.3 Å². The van der Waals surface area contributed by atoms with Crippen molar-refractivity contribution < 1.29 is 14.3 Å². The second-order valence-corrected chi connectivity index (χ2v) is 6.48. The average Bonchev–Trinajstić information content (AvgIpc) is 3.08. The minimum Gasteiger partial charge on any atom is -0.489 e. The van der Waals surface area contributed by atoms with E-state index in [0.29, 0.717) is 29.6 Å². The minimum atomic E-state index is -0.212. The second-order valence-electron chi connectivity index (χ2n) is 6.04. The van der Waals surface area contributed by atoms with Crippen LogP contribution in [0, 0.1) is 6.92 Å². The molecule has 7 heteroatoms. The molecule has 0 unspecified atom stereocenters. The highest BCUT2D eigenvalue weighted by Crippen LogP contribution is 2.23. The summed E-state index contributed by atoms with van der Waals surface area (Å²) in [4.78, 5) is 12.5. The molecule has 0 radical (unpaired) electrons. The number of aromatic nitrogens is 2. The van der Waals surface area contributed by atoms with Gasteiger partial charge in [0.25, 0.3) is 5.91 Å². The Morgan fingerprint density at radius 3 is 2.89 bits per heavy atom. The molecule has 0 fully saturated rings. The van der Waals surface area contributed by atoms with Crippen LogP contribution in [0.25, 0.3) is 0 Å². The van der Waals surface area contributed by atoms with Crippen molar-refractivity contribution in [1.82, 2.24) is 9.78 Å². The van der Waals surface area contributed by atoms with Crippen molar-refractivity contribution in [2.75, 3.05) is 12.4 Å². The second kappa shape index (κ2) is 8.70.